The molecule has 0 radical (unpaired) electrons. The van der Waals surface area contributed by atoms with Gasteiger partial charge < -0.3 is 25.4 Å². The second kappa shape index (κ2) is 15.9. The quantitative estimate of drug-likeness (QED) is 0.296. The van der Waals surface area contributed by atoms with E-state index in [1.165, 1.54) is 0 Å². The molecule has 9 nitrogen and oxygen atoms in total. The summed E-state index contributed by atoms with van der Waals surface area (Å²) in [5, 5.41) is 8.24. The molecule has 0 aliphatic carbocycles. The number of ether oxygens (including phenoxy) is 2. The van der Waals surface area contributed by atoms with E-state index in [9.17, 15) is 14.4 Å². The fourth-order valence-electron chi connectivity index (χ4n) is 2.91. The minimum Gasteiger partial charge on any atom is -0.430 e. The molecule has 0 saturated carbocycles. The van der Waals surface area contributed by atoms with E-state index in [1.807, 2.05) is 19.9 Å². The molecule has 3 amide bonds. The number of benzene rings is 1. The van der Waals surface area contributed by atoms with E-state index in [-0.39, 0.29) is 12.5 Å². The Hall–Kier alpha value is -2.81. The lowest BCUT2D eigenvalue weighted by Gasteiger charge is -2.33. The predicted octanol–water partition coefficient (Wildman–Crippen LogP) is 3.46. The number of amides is 3. The van der Waals surface area contributed by atoms with Crippen molar-refractivity contribution in [3.8, 4) is 0 Å². The summed E-state index contributed by atoms with van der Waals surface area (Å²) < 4.78 is 10.9. The second-order valence-corrected chi connectivity index (χ2v) is 7.43. The fourth-order valence-corrected chi connectivity index (χ4v) is 2.91. The number of nitrogens with zero attached hydrogens (tertiary/aromatic N) is 1. The number of nitrogens with one attached hydrogen (secondary N) is 3. The molecule has 0 heterocycles. The van der Waals surface area contributed by atoms with Crippen LogP contribution in [0.2, 0.25) is 0 Å². The van der Waals surface area contributed by atoms with E-state index in [1.54, 1.807) is 43.0 Å². The molecule has 0 fully saturated rings. The third-order valence-corrected chi connectivity index (χ3v) is 4.78. The summed E-state index contributed by atoms with van der Waals surface area (Å²) in [6, 6.07) is 8.88. The monoisotopic (exact) mass is 450 g/mol. The molecule has 0 aliphatic heterocycles. The summed E-state index contributed by atoms with van der Waals surface area (Å²) in [6.07, 6.45) is 1.20. The van der Waals surface area contributed by atoms with Gasteiger partial charge in [0.05, 0.1) is 0 Å². The second-order valence-electron chi connectivity index (χ2n) is 7.43. The summed E-state index contributed by atoms with van der Waals surface area (Å²) in [5.41, 5.74) is 0.554. The Balaban J connectivity index is 2.67. The molecule has 2 atom stereocenters. The van der Waals surface area contributed by atoms with Crippen molar-refractivity contribution in [3.05, 3.63) is 35.9 Å². The van der Waals surface area contributed by atoms with Crippen LogP contribution >= 0.6 is 0 Å². The number of alkyl carbamates (subject to hydrolysis) is 2. The predicted molar refractivity (Wildman–Crippen MR) is 123 cm³/mol. The Morgan fingerprint density at radius 3 is 1.78 bits per heavy atom. The highest BCUT2D eigenvalue weighted by molar-refractivity contribution is 5.94. The van der Waals surface area contributed by atoms with E-state index in [4.69, 9.17) is 9.47 Å². The van der Waals surface area contributed by atoms with Crippen LogP contribution in [0.25, 0.3) is 0 Å². The van der Waals surface area contributed by atoms with Gasteiger partial charge in [-0.3, -0.25) is 4.79 Å². The Kier molecular flexibility index (Phi) is 13.5. The van der Waals surface area contributed by atoms with Crippen LogP contribution in [-0.2, 0) is 9.47 Å². The molecule has 0 aromatic heterocycles. The maximum absolute atomic E-state index is 12.3. The van der Waals surface area contributed by atoms with E-state index < -0.39 is 24.6 Å². The van der Waals surface area contributed by atoms with Gasteiger partial charge in [-0.1, -0.05) is 44.9 Å². The molecule has 9 heteroatoms. The third kappa shape index (κ3) is 11.0. The Bertz CT molecular complexity index is 656. The standard InChI is InChI=1S/C23H38N4O5/c1-5-7-14-25-22(29)31-18(3)27(19(4)32-23(30)26-15-8-6-2)17-16-24-21(28)20-12-10-9-11-13-20/h9-13,18-19H,5-8,14-17H2,1-4H3,(H,24,28)(H,25,29)(H,26,30). The smallest absolute Gasteiger partial charge is 0.408 e. The van der Waals surface area contributed by atoms with Crippen LogP contribution in [-0.4, -0.2) is 61.6 Å². The topological polar surface area (TPSA) is 109 Å². The molecule has 180 valence electrons. The molecular formula is C23H38N4O5. The highest BCUT2D eigenvalue weighted by Gasteiger charge is 2.26. The summed E-state index contributed by atoms with van der Waals surface area (Å²) in [6.45, 7) is 9.12. The zero-order valence-electron chi connectivity index (χ0n) is 19.7. The van der Waals surface area contributed by atoms with Crippen LogP contribution in [0.3, 0.4) is 0 Å². The first-order chi connectivity index (χ1) is 15.4. The molecule has 1 aromatic carbocycles. The largest absolute Gasteiger partial charge is 0.430 e. The lowest BCUT2D eigenvalue weighted by atomic mass is 10.2. The van der Waals surface area contributed by atoms with Gasteiger partial charge >= 0.3 is 12.2 Å². The third-order valence-electron chi connectivity index (χ3n) is 4.78. The maximum atomic E-state index is 12.3. The lowest BCUT2D eigenvalue weighted by Crippen LogP contribution is -2.49. The number of unbranched alkanes of at least 4 members (excludes halogenated alkanes) is 2. The van der Waals surface area contributed by atoms with E-state index in [0.717, 1.165) is 25.7 Å². The Morgan fingerprint density at radius 1 is 0.812 bits per heavy atom. The number of hydrogen-bond donors (Lipinski definition) is 3. The van der Waals surface area contributed by atoms with Crippen LogP contribution in [0.4, 0.5) is 9.59 Å². The number of carbonyl (C=O) groups is 3. The molecule has 3 N–H and O–H groups in total. The van der Waals surface area contributed by atoms with Gasteiger partial charge in [0.15, 0.2) is 12.5 Å². The lowest BCUT2D eigenvalue weighted by molar-refractivity contribution is -0.0905. The van der Waals surface area contributed by atoms with Crippen LogP contribution in [0, 0.1) is 0 Å². The normalized spacial score (nSPS) is 12.5. The molecule has 32 heavy (non-hydrogen) atoms. The van der Waals surface area contributed by atoms with Crippen molar-refractivity contribution in [1.82, 2.24) is 20.9 Å². The number of hydrogen-bond acceptors (Lipinski definition) is 6. The number of rotatable bonds is 14. The molecule has 0 bridgehead atoms. The first-order valence-corrected chi connectivity index (χ1v) is 11.4. The molecule has 2 unspecified atom stereocenters. The zero-order chi connectivity index (χ0) is 23.8. The molecular weight excluding hydrogens is 412 g/mol. The first-order valence-electron chi connectivity index (χ1n) is 11.4. The SMILES string of the molecule is CCCCNC(=O)OC(C)N(CCNC(=O)c1ccccc1)C(C)OC(=O)NCCCC. The summed E-state index contributed by atoms with van der Waals surface area (Å²) in [5.74, 6) is -0.206. The number of carbonyl (C=O) groups excluding carboxylic acids is 3. The van der Waals surface area contributed by atoms with E-state index >= 15 is 0 Å². The van der Waals surface area contributed by atoms with Gasteiger partial charge in [-0.25, -0.2) is 14.5 Å². The van der Waals surface area contributed by atoms with Crippen LogP contribution in [0.1, 0.15) is 63.7 Å². The molecule has 0 spiro atoms. The van der Waals surface area contributed by atoms with Gasteiger partial charge in [0.25, 0.3) is 5.91 Å². The molecule has 1 rings (SSSR count). The van der Waals surface area contributed by atoms with Crippen molar-refractivity contribution < 1.29 is 23.9 Å². The summed E-state index contributed by atoms with van der Waals surface area (Å²) in [7, 11) is 0. The van der Waals surface area contributed by atoms with Crippen LogP contribution < -0.4 is 16.0 Å². The van der Waals surface area contributed by atoms with E-state index in [2.05, 4.69) is 16.0 Å². The van der Waals surface area contributed by atoms with Gasteiger partial charge in [-0.15, -0.1) is 0 Å². The van der Waals surface area contributed by atoms with Gasteiger partial charge in [0.2, 0.25) is 0 Å². The van der Waals surface area contributed by atoms with Crippen molar-refractivity contribution in [2.45, 2.75) is 65.8 Å². The fraction of sp³-hybridized carbons (Fsp3) is 0.609. The van der Waals surface area contributed by atoms with E-state index in [0.29, 0.717) is 25.2 Å². The summed E-state index contributed by atoms with van der Waals surface area (Å²) >= 11 is 0. The maximum Gasteiger partial charge on any atom is 0.408 e. The minimum atomic E-state index is -0.677. The summed E-state index contributed by atoms with van der Waals surface area (Å²) in [4.78, 5) is 38.1. The van der Waals surface area contributed by atoms with Crippen LogP contribution in [0.15, 0.2) is 30.3 Å². The van der Waals surface area contributed by atoms with Crippen molar-refractivity contribution in [3.63, 3.8) is 0 Å². The molecule has 0 saturated heterocycles. The Morgan fingerprint density at radius 2 is 1.31 bits per heavy atom. The van der Waals surface area contributed by atoms with Crippen molar-refractivity contribution in [2.24, 2.45) is 0 Å². The average Bonchev–Trinajstić information content (AvgIpc) is 2.77. The van der Waals surface area contributed by atoms with Crippen molar-refractivity contribution in [2.75, 3.05) is 26.2 Å². The van der Waals surface area contributed by atoms with Crippen LogP contribution in [0.5, 0.6) is 0 Å². The first kappa shape index (κ1) is 27.2. The van der Waals surface area contributed by atoms with Gasteiger partial charge in [0, 0.05) is 31.7 Å². The van der Waals surface area contributed by atoms with Gasteiger partial charge in [-0.2, -0.15) is 0 Å². The van der Waals surface area contributed by atoms with Gasteiger partial charge in [-0.05, 0) is 38.8 Å². The molecule has 1 aromatic rings. The van der Waals surface area contributed by atoms with Crippen molar-refractivity contribution >= 4 is 18.1 Å². The van der Waals surface area contributed by atoms with Gasteiger partial charge in [0.1, 0.15) is 0 Å². The van der Waals surface area contributed by atoms with Crippen molar-refractivity contribution in [1.29, 1.82) is 0 Å². The minimum absolute atomic E-state index is 0.206. The highest BCUT2D eigenvalue weighted by atomic mass is 16.6. The zero-order valence-corrected chi connectivity index (χ0v) is 19.7. The Labute approximate surface area is 191 Å². The average molecular weight is 451 g/mol. The molecule has 0 aliphatic rings. The highest BCUT2D eigenvalue weighted by Crippen LogP contribution is 2.09.